The van der Waals surface area contributed by atoms with Crippen molar-refractivity contribution in [2.75, 3.05) is 6.61 Å². The van der Waals surface area contributed by atoms with Gasteiger partial charge in [0, 0.05) is 11.6 Å². The van der Waals surface area contributed by atoms with Gasteiger partial charge in [0.2, 0.25) is 5.75 Å². The van der Waals surface area contributed by atoms with Gasteiger partial charge in [-0.2, -0.15) is 0 Å². The SMILES string of the molecule is Cc1cccc(OCc2ccc(C(=O)OCC(=O)c3ccc(Oc4c(Cl)cccc4[N+](=O)[O-])cc3)cc2)c1. The molecule has 38 heavy (non-hydrogen) atoms. The lowest BCUT2D eigenvalue weighted by molar-refractivity contribution is -0.385. The van der Waals surface area contributed by atoms with Crippen molar-refractivity contribution in [3.05, 3.63) is 128 Å². The smallest absolute Gasteiger partial charge is 0.338 e. The van der Waals surface area contributed by atoms with E-state index in [0.29, 0.717) is 12.2 Å². The average molecular weight is 532 g/mol. The molecule has 0 radical (unpaired) electrons. The number of hydrogen-bond donors (Lipinski definition) is 0. The van der Waals surface area contributed by atoms with Crippen LogP contribution in [0.4, 0.5) is 5.69 Å². The number of ether oxygens (including phenoxy) is 3. The molecular weight excluding hydrogens is 510 g/mol. The van der Waals surface area contributed by atoms with Gasteiger partial charge in [-0.05, 0) is 72.6 Å². The molecule has 0 bridgehead atoms. The molecule has 0 aliphatic carbocycles. The number of halogens is 1. The lowest BCUT2D eigenvalue weighted by atomic mass is 10.1. The number of hydrogen-bond acceptors (Lipinski definition) is 7. The van der Waals surface area contributed by atoms with Gasteiger partial charge in [0.1, 0.15) is 18.1 Å². The number of nitro groups is 1. The first kappa shape index (κ1) is 26.4. The first-order valence-electron chi connectivity index (χ1n) is 11.5. The number of ketones is 1. The van der Waals surface area contributed by atoms with Crippen LogP contribution in [0.2, 0.25) is 5.02 Å². The molecule has 0 saturated carbocycles. The van der Waals surface area contributed by atoms with E-state index < -0.39 is 23.3 Å². The summed E-state index contributed by atoms with van der Waals surface area (Å²) in [4.78, 5) is 35.5. The summed E-state index contributed by atoms with van der Waals surface area (Å²) in [6, 6.07) is 24.6. The summed E-state index contributed by atoms with van der Waals surface area (Å²) in [7, 11) is 0. The van der Waals surface area contributed by atoms with Crippen LogP contribution in [0.1, 0.15) is 31.8 Å². The van der Waals surface area contributed by atoms with Crippen molar-refractivity contribution < 1.29 is 28.7 Å². The predicted molar refractivity (Wildman–Crippen MR) is 141 cm³/mol. The molecule has 4 aromatic carbocycles. The molecular formula is C29H22ClNO7. The Hall–Kier alpha value is -4.69. The second-order valence-electron chi connectivity index (χ2n) is 8.27. The van der Waals surface area contributed by atoms with E-state index in [1.807, 2.05) is 31.2 Å². The molecule has 0 atom stereocenters. The topological polar surface area (TPSA) is 105 Å². The van der Waals surface area contributed by atoms with Crippen molar-refractivity contribution in [3.63, 3.8) is 0 Å². The number of Topliss-reactive ketones (excluding diaryl/α,β-unsaturated/α-hetero) is 1. The molecule has 0 aliphatic rings. The van der Waals surface area contributed by atoms with Gasteiger partial charge >= 0.3 is 11.7 Å². The zero-order chi connectivity index (χ0) is 27.1. The van der Waals surface area contributed by atoms with Crippen LogP contribution in [0.25, 0.3) is 0 Å². The number of nitrogens with zero attached hydrogens (tertiary/aromatic N) is 1. The Balaban J connectivity index is 1.30. The highest BCUT2D eigenvalue weighted by Crippen LogP contribution is 2.37. The Kier molecular flexibility index (Phi) is 8.35. The predicted octanol–water partition coefficient (Wildman–Crippen LogP) is 6.97. The molecule has 9 heteroatoms. The molecule has 4 aromatic rings. The lowest BCUT2D eigenvalue weighted by Crippen LogP contribution is -2.14. The van der Waals surface area contributed by atoms with Gasteiger partial charge in [0.15, 0.2) is 12.4 Å². The van der Waals surface area contributed by atoms with E-state index in [9.17, 15) is 19.7 Å². The fourth-order valence-corrected chi connectivity index (χ4v) is 3.68. The Morgan fingerprint density at radius 1 is 0.868 bits per heavy atom. The fraction of sp³-hybridized carbons (Fsp3) is 0.103. The summed E-state index contributed by atoms with van der Waals surface area (Å²) >= 11 is 6.04. The van der Waals surface area contributed by atoms with Crippen LogP contribution in [0, 0.1) is 17.0 Å². The number of nitro benzene ring substituents is 1. The van der Waals surface area contributed by atoms with Gasteiger partial charge in [-0.25, -0.2) is 4.79 Å². The van der Waals surface area contributed by atoms with Crippen molar-refractivity contribution >= 4 is 29.0 Å². The fourth-order valence-electron chi connectivity index (χ4n) is 3.48. The van der Waals surface area contributed by atoms with Crippen molar-refractivity contribution in [2.45, 2.75) is 13.5 Å². The Labute approximate surface area is 223 Å². The third-order valence-corrected chi connectivity index (χ3v) is 5.76. The molecule has 0 fully saturated rings. The van der Waals surface area contributed by atoms with Crippen LogP contribution in [0.15, 0.2) is 91.0 Å². The van der Waals surface area contributed by atoms with Gasteiger partial charge < -0.3 is 14.2 Å². The summed E-state index contributed by atoms with van der Waals surface area (Å²) in [5.41, 5.74) is 2.28. The highest BCUT2D eigenvalue weighted by molar-refractivity contribution is 6.32. The van der Waals surface area contributed by atoms with Gasteiger partial charge in [-0.1, -0.05) is 41.9 Å². The number of carbonyl (C=O) groups excluding carboxylic acids is 2. The zero-order valence-corrected chi connectivity index (χ0v) is 21.0. The van der Waals surface area contributed by atoms with Crippen LogP contribution < -0.4 is 9.47 Å². The normalized spacial score (nSPS) is 10.5. The molecule has 0 aliphatic heterocycles. The second-order valence-corrected chi connectivity index (χ2v) is 8.68. The van der Waals surface area contributed by atoms with Gasteiger partial charge in [-0.3, -0.25) is 14.9 Å². The number of benzene rings is 4. The van der Waals surface area contributed by atoms with E-state index in [2.05, 4.69) is 0 Å². The molecule has 8 nitrogen and oxygen atoms in total. The first-order valence-corrected chi connectivity index (χ1v) is 11.9. The van der Waals surface area contributed by atoms with Crippen LogP contribution in [-0.4, -0.2) is 23.3 Å². The van der Waals surface area contributed by atoms with Crippen LogP contribution in [0.5, 0.6) is 17.2 Å². The third kappa shape index (κ3) is 6.74. The second kappa shape index (κ2) is 12.0. The third-order valence-electron chi connectivity index (χ3n) is 5.46. The molecule has 0 spiro atoms. The molecule has 0 N–H and O–H groups in total. The largest absolute Gasteiger partial charge is 0.489 e. The molecule has 0 saturated heterocycles. The number of rotatable bonds is 10. The van der Waals surface area contributed by atoms with Gasteiger partial charge in [0.25, 0.3) is 0 Å². The number of carbonyl (C=O) groups is 2. The van der Waals surface area contributed by atoms with E-state index in [1.54, 1.807) is 24.3 Å². The monoisotopic (exact) mass is 531 g/mol. The maximum Gasteiger partial charge on any atom is 0.338 e. The number of esters is 1. The van der Waals surface area contributed by atoms with E-state index in [-0.39, 0.29) is 27.8 Å². The highest BCUT2D eigenvalue weighted by atomic mass is 35.5. The summed E-state index contributed by atoms with van der Waals surface area (Å²) in [5.74, 6) is -0.134. The maximum atomic E-state index is 12.5. The van der Waals surface area contributed by atoms with Crippen molar-refractivity contribution in [1.29, 1.82) is 0 Å². The minimum absolute atomic E-state index is 0.0816. The standard InChI is InChI=1S/C29H22ClNO7/c1-19-4-2-5-24(16-19)36-17-20-8-10-22(11-9-20)29(33)37-18-27(32)21-12-14-23(15-13-21)38-28-25(30)6-3-7-26(28)31(34)35/h2-16H,17-18H2,1H3. The minimum Gasteiger partial charge on any atom is -0.489 e. The Bertz CT molecular complexity index is 1470. The minimum atomic E-state index is -0.629. The summed E-state index contributed by atoms with van der Waals surface area (Å²) in [6.07, 6.45) is 0. The van der Waals surface area contributed by atoms with E-state index in [1.165, 1.54) is 42.5 Å². The number of aryl methyl sites for hydroxylation is 1. The Morgan fingerprint density at radius 2 is 1.55 bits per heavy atom. The van der Waals surface area contributed by atoms with E-state index in [4.69, 9.17) is 25.8 Å². The van der Waals surface area contributed by atoms with Crippen molar-refractivity contribution in [3.8, 4) is 17.2 Å². The highest BCUT2D eigenvalue weighted by Gasteiger charge is 2.19. The molecule has 4 rings (SSSR count). The van der Waals surface area contributed by atoms with E-state index in [0.717, 1.165) is 16.9 Å². The van der Waals surface area contributed by atoms with Crippen molar-refractivity contribution in [1.82, 2.24) is 0 Å². The van der Waals surface area contributed by atoms with Gasteiger partial charge in [-0.15, -0.1) is 0 Å². The molecule has 0 amide bonds. The van der Waals surface area contributed by atoms with Gasteiger partial charge in [0.05, 0.1) is 15.5 Å². The van der Waals surface area contributed by atoms with Crippen molar-refractivity contribution in [2.24, 2.45) is 0 Å². The first-order chi connectivity index (χ1) is 18.3. The maximum absolute atomic E-state index is 12.5. The Morgan fingerprint density at radius 3 is 2.24 bits per heavy atom. The molecule has 0 aromatic heterocycles. The van der Waals surface area contributed by atoms with Crippen LogP contribution in [-0.2, 0) is 11.3 Å². The molecule has 0 unspecified atom stereocenters. The molecule has 0 heterocycles. The average Bonchev–Trinajstić information content (AvgIpc) is 2.92. The lowest BCUT2D eigenvalue weighted by Gasteiger charge is -2.09. The summed E-state index contributed by atoms with van der Waals surface area (Å²) in [5, 5.41) is 11.3. The quantitative estimate of drug-likeness (QED) is 0.0941. The summed E-state index contributed by atoms with van der Waals surface area (Å²) < 4.78 is 16.5. The zero-order valence-electron chi connectivity index (χ0n) is 20.3. The molecule has 192 valence electrons. The van der Waals surface area contributed by atoms with Crippen LogP contribution >= 0.6 is 11.6 Å². The van der Waals surface area contributed by atoms with E-state index >= 15 is 0 Å². The summed E-state index contributed by atoms with van der Waals surface area (Å²) in [6.45, 7) is 1.88. The van der Waals surface area contributed by atoms with Crippen LogP contribution in [0.3, 0.4) is 0 Å². The number of para-hydroxylation sites is 1.